The van der Waals surface area contributed by atoms with E-state index < -0.39 is 23.7 Å². The largest absolute Gasteiger partial charge is 0.416 e. The molecule has 0 aliphatic carbocycles. The molecule has 0 spiro atoms. The second kappa shape index (κ2) is 20.8. The monoisotopic (exact) mass is 1010 g/mol. The van der Waals surface area contributed by atoms with Gasteiger partial charge in [0.05, 0.1) is 22.3 Å². The summed E-state index contributed by atoms with van der Waals surface area (Å²) in [6.07, 6.45) is 0.313. The molecule has 0 radical (unpaired) electrons. The summed E-state index contributed by atoms with van der Waals surface area (Å²) in [5.74, 6) is -0.106. The van der Waals surface area contributed by atoms with E-state index in [1.54, 1.807) is 23.1 Å². The van der Waals surface area contributed by atoms with Crippen LogP contribution in [0.15, 0.2) is 89.7 Å². The Labute approximate surface area is 418 Å². The van der Waals surface area contributed by atoms with Gasteiger partial charge in [0.1, 0.15) is 12.6 Å². The number of halogens is 4. The molecule has 6 heterocycles. The zero-order chi connectivity index (χ0) is 50.1. The van der Waals surface area contributed by atoms with Crippen molar-refractivity contribution < 1.29 is 37.1 Å². The van der Waals surface area contributed by atoms with E-state index in [1.165, 1.54) is 16.8 Å². The van der Waals surface area contributed by atoms with Crippen LogP contribution < -0.4 is 15.8 Å². The number of aryl methyl sites for hydroxylation is 2. The lowest BCUT2D eigenvalue weighted by atomic mass is 9.96. The van der Waals surface area contributed by atoms with Gasteiger partial charge in [-0.05, 0) is 122 Å². The zero-order valence-electron chi connectivity index (χ0n) is 39.6. The smallest absolute Gasteiger partial charge is 0.372 e. The van der Waals surface area contributed by atoms with E-state index in [-0.39, 0.29) is 42.3 Å². The lowest BCUT2D eigenvalue weighted by molar-refractivity contribution is -0.138. The number of aromatic amines is 2. The Kier molecular flexibility index (Phi) is 14.1. The second-order valence-corrected chi connectivity index (χ2v) is 19.7. The second-order valence-electron chi connectivity index (χ2n) is 19.2. The van der Waals surface area contributed by atoms with Crippen molar-refractivity contribution in [2.24, 2.45) is 5.92 Å². The third-order valence-electron chi connectivity index (χ3n) is 14.5. The van der Waals surface area contributed by atoms with Crippen molar-refractivity contribution in [1.29, 1.82) is 0 Å². The molecule has 0 bridgehead atoms. The molecule has 4 aromatic carbocycles. The van der Waals surface area contributed by atoms with Crippen LogP contribution in [0, 0.1) is 5.92 Å². The van der Waals surface area contributed by atoms with E-state index in [1.807, 2.05) is 41.3 Å². The molecule has 0 saturated carbocycles. The van der Waals surface area contributed by atoms with Gasteiger partial charge in [-0.15, -0.1) is 0 Å². The maximum Gasteiger partial charge on any atom is 0.416 e. The average molecular weight is 1010 g/mol. The van der Waals surface area contributed by atoms with Crippen molar-refractivity contribution in [1.82, 2.24) is 39.8 Å². The summed E-state index contributed by atoms with van der Waals surface area (Å²) in [7, 11) is 0. The molecule has 376 valence electrons. The molecule has 3 saturated heterocycles. The van der Waals surface area contributed by atoms with Crippen molar-refractivity contribution in [3.63, 3.8) is 0 Å². The normalized spacial score (nSPS) is 18.1. The number of likely N-dealkylation sites (tertiary alicyclic amines) is 1. The zero-order valence-corrected chi connectivity index (χ0v) is 40.4. The van der Waals surface area contributed by atoms with Gasteiger partial charge in [-0.2, -0.15) is 17.9 Å². The van der Waals surface area contributed by atoms with Crippen LogP contribution in [0.5, 0.6) is 0 Å². The Hall–Kier alpha value is -6.76. The number of carbonyl (C=O) groups is 4. The number of aromatic nitrogens is 4. The van der Waals surface area contributed by atoms with Gasteiger partial charge in [-0.25, -0.2) is 4.98 Å². The highest BCUT2D eigenvalue weighted by Gasteiger charge is 2.39. The molecule has 3 N–H and O–H groups in total. The summed E-state index contributed by atoms with van der Waals surface area (Å²) in [4.78, 5) is 80.2. The summed E-state index contributed by atoms with van der Waals surface area (Å²) in [6.45, 7) is 6.88. The summed E-state index contributed by atoms with van der Waals surface area (Å²) in [5.41, 5.74) is 6.04. The fraction of sp³-hybridized carbons (Fsp3) is 0.396. The molecule has 2 aromatic heterocycles. The first kappa shape index (κ1) is 48.8. The van der Waals surface area contributed by atoms with Crippen LogP contribution in [0.3, 0.4) is 0 Å². The number of H-pyrrole nitrogens is 2. The van der Waals surface area contributed by atoms with Crippen LogP contribution in [0.25, 0.3) is 28.2 Å². The number of rotatable bonds is 15. The SMILES string of the molecule is O=C1CCC(N2Cc3cc(N4CCN(CC5CCN(C(=O)COCCCc6ccc(CCc7c(-c8ccc(C(F)(F)F)cc8)[nH]n(-c8nc9ccc(Cl)cc9[nH]8)c7=O)cc6)CC5)CC4)ccc3C2=O)C(=O)N1. The molecular formula is C53H55ClF3N9O6. The lowest BCUT2D eigenvalue weighted by Gasteiger charge is -2.39. The number of benzene rings is 4. The molecule has 15 nitrogen and oxygen atoms in total. The molecule has 10 rings (SSSR count). The van der Waals surface area contributed by atoms with E-state index in [0.29, 0.717) is 76.8 Å². The molecular weight excluding hydrogens is 951 g/mol. The molecule has 1 unspecified atom stereocenters. The van der Waals surface area contributed by atoms with Crippen LogP contribution in [0.1, 0.15) is 70.3 Å². The van der Waals surface area contributed by atoms with E-state index in [4.69, 9.17) is 16.3 Å². The van der Waals surface area contributed by atoms with Crippen LogP contribution in [0.4, 0.5) is 18.9 Å². The molecule has 4 aliphatic heterocycles. The number of nitrogens with one attached hydrogen (secondary N) is 3. The number of amides is 4. The van der Waals surface area contributed by atoms with E-state index in [9.17, 15) is 37.1 Å². The number of carbonyl (C=O) groups excluding carboxylic acids is 4. The summed E-state index contributed by atoms with van der Waals surface area (Å²) in [5, 5.41) is 5.95. The average Bonchev–Trinajstić information content (AvgIpc) is 4.05. The summed E-state index contributed by atoms with van der Waals surface area (Å²) < 4.78 is 47.3. The van der Waals surface area contributed by atoms with Crippen molar-refractivity contribution >= 4 is 52.0 Å². The standard InChI is InChI=1S/C53H55ClF3N9O6/c54-39-12-16-43-44(29-39)59-52(58-43)66-51(71)42(48(61-66)36-8-10-38(11-9-36)53(55,56)57)14-7-34-5-3-33(4-6-34)2-1-27-72-32-47(68)64-21-19-35(20-22-64)30-62-23-25-63(26-24-62)40-13-15-41-37(28-40)31-65(50(41)70)45-17-18-46(67)60-49(45)69/h3-6,8-13,15-16,28-29,35,45,61H,1-2,7,14,17-27,30-32H2,(H,58,59)(H,60,67,69). The molecule has 72 heavy (non-hydrogen) atoms. The van der Waals surface area contributed by atoms with Crippen LogP contribution >= 0.6 is 11.6 Å². The molecule has 4 aliphatic rings. The number of piperazine rings is 1. The number of fused-ring (bicyclic) bond motifs is 2. The molecule has 3 fully saturated rings. The number of alkyl halides is 3. The maximum atomic E-state index is 13.9. The van der Waals surface area contributed by atoms with Gasteiger partial charge in [-0.1, -0.05) is 48.0 Å². The lowest BCUT2D eigenvalue weighted by Crippen LogP contribution is -2.52. The van der Waals surface area contributed by atoms with Crippen LogP contribution in [-0.2, 0) is 51.1 Å². The van der Waals surface area contributed by atoms with E-state index >= 15 is 0 Å². The minimum absolute atomic E-state index is 0.0147. The van der Waals surface area contributed by atoms with Crippen LogP contribution in [-0.4, -0.2) is 123 Å². The highest BCUT2D eigenvalue weighted by atomic mass is 35.5. The van der Waals surface area contributed by atoms with Crippen molar-refractivity contribution in [3.05, 3.63) is 134 Å². The number of anilines is 1. The first-order valence-corrected chi connectivity index (χ1v) is 25.0. The van der Waals surface area contributed by atoms with Gasteiger partial charge in [0, 0.05) is 87.2 Å². The number of hydrogen-bond donors (Lipinski definition) is 3. The Morgan fingerprint density at radius 3 is 2.28 bits per heavy atom. The maximum absolute atomic E-state index is 13.9. The minimum Gasteiger partial charge on any atom is -0.372 e. The van der Waals surface area contributed by atoms with E-state index in [0.717, 1.165) is 106 Å². The number of imide groups is 1. The van der Waals surface area contributed by atoms with Gasteiger partial charge in [-0.3, -0.25) is 39.3 Å². The van der Waals surface area contributed by atoms with Crippen molar-refractivity contribution in [2.75, 3.05) is 63.9 Å². The fourth-order valence-corrected chi connectivity index (χ4v) is 10.6. The van der Waals surface area contributed by atoms with Gasteiger partial charge in [0.25, 0.3) is 11.5 Å². The molecule has 4 amide bonds. The summed E-state index contributed by atoms with van der Waals surface area (Å²) >= 11 is 6.16. The Morgan fingerprint density at radius 2 is 1.56 bits per heavy atom. The third kappa shape index (κ3) is 10.7. The highest BCUT2D eigenvalue weighted by molar-refractivity contribution is 6.31. The van der Waals surface area contributed by atoms with Gasteiger partial charge in [0.2, 0.25) is 23.7 Å². The number of hydrogen-bond acceptors (Lipinski definition) is 9. The molecule has 6 aromatic rings. The Bertz CT molecular complexity index is 3050. The quantitative estimate of drug-likeness (QED) is 0.0730. The number of ether oxygens (including phenoxy) is 1. The predicted molar refractivity (Wildman–Crippen MR) is 265 cm³/mol. The predicted octanol–water partition coefficient (Wildman–Crippen LogP) is 6.94. The first-order chi connectivity index (χ1) is 34.7. The Morgan fingerprint density at radius 1 is 0.819 bits per heavy atom. The Balaban J connectivity index is 0.641. The van der Waals surface area contributed by atoms with Gasteiger partial charge in [0.15, 0.2) is 0 Å². The van der Waals surface area contributed by atoms with Gasteiger partial charge < -0.3 is 24.4 Å². The van der Waals surface area contributed by atoms with Crippen molar-refractivity contribution in [3.8, 4) is 17.2 Å². The molecule has 19 heteroatoms. The number of nitrogens with zero attached hydrogens (tertiary/aromatic N) is 6. The fourth-order valence-electron chi connectivity index (χ4n) is 10.4. The van der Waals surface area contributed by atoms with Crippen LogP contribution in [0.2, 0.25) is 5.02 Å². The number of piperidine rings is 2. The first-order valence-electron chi connectivity index (χ1n) is 24.6. The highest BCUT2D eigenvalue weighted by Crippen LogP contribution is 2.33. The third-order valence-corrected chi connectivity index (χ3v) is 14.8. The summed E-state index contributed by atoms with van der Waals surface area (Å²) in [6, 6.07) is 23.2. The van der Waals surface area contributed by atoms with E-state index in [2.05, 4.69) is 36.2 Å². The molecule has 1 atom stereocenters. The topological polar surface area (TPSA) is 169 Å². The van der Waals surface area contributed by atoms with Gasteiger partial charge >= 0.3 is 6.18 Å². The minimum atomic E-state index is -4.50. The number of imidazole rings is 1. The van der Waals surface area contributed by atoms with Crippen molar-refractivity contribution in [2.45, 2.75) is 70.1 Å².